The monoisotopic (exact) mass is 417 g/mol. The van der Waals surface area contributed by atoms with Gasteiger partial charge in [-0.2, -0.15) is 5.26 Å². The number of benzene rings is 2. The van der Waals surface area contributed by atoms with Crippen LogP contribution in [0.3, 0.4) is 0 Å². The Hall–Kier alpha value is -3.11. The van der Waals surface area contributed by atoms with Gasteiger partial charge in [-0.05, 0) is 50.8 Å². The van der Waals surface area contributed by atoms with Gasteiger partial charge in [0.15, 0.2) is 11.0 Å². The molecule has 1 aliphatic carbocycles. The molecule has 1 heterocycles. The second-order valence-corrected chi connectivity index (χ2v) is 8.71. The van der Waals surface area contributed by atoms with Crippen molar-refractivity contribution in [1.82, 2.24) is 20.1 Å². The largest absolute Gasteiger partial charge is 0.337 e. The first-order valence-electron chi connectivity index (χ1n) is 9.93. The first-order chi connectivity index (χ1) is 14.5. The molecule has 1 atom stereocenters. The van der Waals surface area contributed by atoms with Crippen LogP contribution in [-0.4, -0.2) is 32.0 Å². The van der Waals surface area contributed by atoms with E-state index in [1.807, 2.05) is 60.0 Å². The zero-order chi connectivity index (χ0) is 21.1. The normalized spacial score (nSPS) is 15.2. The molecule has 1 amide bonds. The number of aromatic nitrogens is 3. The minimum absolute atomic E-state index is 0.169. The third-order valence-electron chi connectivity index (χ3n) is 5.28. The van der Waals surface area contributed by atoms with Gasteiger partial charge in [0.1, 0.15) is 5.54 Å². The van der Waals surface area contributed by atoms with Gasteiger partial charge in [-0.25, -0.2) is 0 Å². The zero-order valence-corrected chi connectivity index (χ0v) is 17.8. The standard InChI is InChI=1S/C23H23N5OS/c1-16-7-6-8-17(13-16)21-26-27-22(28(21)19-9-4-3-5-10-19)30-14-20(29)25-23(2,15-24)18-11-12-18/h3-10,13,18H,11-12,14H2,1-2H3,(H,25,29). The van der Waals surface area contributed by atoms with E-state index in [0.29, 0.717) is 5.16 Å². The summed E-state index contributed by atoms with van der Waals surface area (Å²) in [6, 6.07) is 20.2. The number of hydrogen-bond acceptors (Lipinski definition) is 5. The van der Waals surface area contributed by atoms with Gasteiger partial charge in [-0.15, -0.1) is 10.2 Å². The smallest absolute Gasteiger partial charge is 0.231 e. The van der Waals surface area contributed by atoms with Gasteiger partial charge in [-0.3, -0.25) is 9.36 Å². The van der Waals surface area contributed by atoms with Crippen LogP contribution in [0, 0.1) is 24.2 Å². The Labute approximate surface area is 180 Å². The number of rotatable bonds is 7. The molecule has 30 heavy (non-hydrogen) atoms. The highest BCUT2D eigenvalue weighted by molar-refractivity contribution is 7.99. The van der Waals surface area contributed by atoms with Crippen molar-refractivity contribution in [2.75, 3.05) is 5.75 Å². The van der Waals surface area contributed by atoms with Gasteiger partial charge < -0.3 is 5.32 Å². The van der Waals surface area contributed by atoms with Crippen LogP contribution in [0.25, 0.3) is 17.1 Å². The van der Waals surface area contributed by atoms with Crippen molar-refractivity contribution in [3.05, 3.63) is 60.2 Å². The molecule has 1 aliphatic rings. The van der Waals surface area contributed by atoms with Crippen molar-refractivity contribution in [2.45, 2.75) is 37.4 Å². The van der Waals surface area contributed by atoms with Crippen LogP contribution in [0.5, 0.6) is 0 Å². The fourth-order valence-corrected chi connectivity index (χ4v) is 4.23. The summed E-state index contributed by atoms with van der Waals surface area (Å²) in [5, 5.41) is 21.8. The molecule has 1 aromatic heterocycles. The Morgan fingerprint density at radius 3 is 2.67 bits per heavy atom. The fraction of sp³-hybridized carbons (Fsp3) is 0.304. The Morgan fingerprint density at radius 2 is 2.00 bits per heavy atom. The van der Waals surface area contributed by atoms with Crippen LogP contribution in [0.2, 0.25) is 0 Å². The molecule has 3 aromatic rings. The first-order valence-corrected chi connectivity index (χ1v) is 10.9. The molecule has 152 valence electrons. The van der Waals surface area contributed by atoms with Gasteiger partial charge >= 0.3 is 0 Å². The molecule has 1 saturated carbocycles. The van der Waals surface area contributed by atoms with Crippen molar-refractivity contribution in [2.24, 2.45) is 5.92 Å². The molecule has 1 unspecified atom stereocenters. The molecule has 4 rings (SSSR count). The number of nitrogens with zero attached hydrogens (tertiary/aromatic N) is 4. The minimum Gasteiger partial charge on any atom is -0.337 e. The Bertz CT molecular complexity index is 1100. The summed E-state index contributed by atoms with van der Waals surface area (Å²) >= 11 is 1.32. The highest BCUT2D eigenvalue weighted by Gasteiger charge is 2.43. The quantitative estimate of drug-likeness (QED) is 0.584. The number of nitrogens with one attached hydrogen (secondary N) is 1. The van der Waals surface area contributed by atoms with Crippen molar-refractivity contribution < 1.29 is 4.79 Å². The van der Waals surface area contributed by atoms with Gasteiger partial charge in [-0.1, -0.05) is 53.7 Å². The summed E-state index contributed by atoms with van der Waals surface area (Å²) < 4.78 is 1.97. The molecule has 2 aromatic carbocycles. The lowest BCUT2D eigenvalue weighted by Crippen LogP contribution is -2.47. The van der Waals surface area contributed by atoms with Gasteiger partial charge in [0, 0.05) is 11.3 Å². The number of aryl methyl sites for hydroxylation is 1. The van der Waals surface area contributed by atoms with Crippen LogP contribution in [0.4, 0.5) is 0 Å². The SMILES string of the molecule is Cc1cccc(-c2nnc(SCC(=O)NC(C)(C#N)C3CC3)n2-c2ccccc2)c1. The van der Waals surface area contributed by atoms with E-state index in [0.717, 1.165) is 35.5 Å². The lowest BCUT2D eigenvalue weighted by molar-refractivity contribution is -0.119. The van der Waals surface area contributed by atoms with Crippen molar-refractivity contribution >= 4 is 17.7 Å². The average Bonchev–Trinajstić information content (AvgIpc) is 3.53. The van der Waals surface area contributed by atoms with Crippen molar-refractivity contribution in [1.29, 1.82) is 5.26 Å². The van der Waals surface area contributed by atoms with Gasteiger partial charge in [0.25, 0.3) is 0 Å². The number of amides is 1. The molecule has 0 radical (unpaired) electrons. The minimum atomic E-state index is -0.794. The van der Waals surface area contributed by atoms with E-state index in [4.69, 9.17) is 0 Å². The van der Waals surface area contributed by atoms with E-state index in [2.05, 4.69) is 27.6 Å². The lowest BCUT2D eigenvalue weighted by atomic mass is 9.98. The number of carbonyl (C=O) groups is 1. The number of carbonyl (C=O) groups excluding carboxylic acids is 1. The first kappa shape index (κ1) is 20.2. The predicted octanol–water partition coefficient (Wildman–Crippen LogP) is 4.14. The number of hydrogen-bond donors (Lipinski definition) is 1. The molecule has 7 heteroatoms. The van der Waals surface area contributed by atoms with E-state index in [9.17, 15) is 10.1 Å². The van der Waals surface area contributed by atoms with Crippen LogP contribution in [-0.2, 0) is 4.79 Å². The molecule has 0 bridgehead atoms. The van der Waals surface area contributed by atoms with Crippen molar-refractivity contribution in [3.63, 3.8) is 0 Å². The molecular weight excluding hydrogens is 394 g/mol. The maximum Gasteiger partial charge on any atom is 0.231 e. The molecule has 1 N–H and O–H groups in total. The second-order valence-electron chi connectivity index (χ2n) is 7.77. The van der Waals surface area contributed by atoms with Gasteiger partial charge in [0.2, 0.25) is 5.91 Å². The molecule has 1 fully saturated rings. The lowest BCUT2D eigenvalue weighted by Gasteiger charge is -2.22. The number of para-hydroxylation sites is 1. The summed E-state index contributed by atoms with van der Waals surface area (Å²) in [5.41, 5.74) is 2.24. The van der Waals surface area contributed by atoms with Gasteiger partial charge in [0.05, 0.1) is 11.8 Å². The Kier molecular flexibility index (Phi) is 5.60. The van der Waals surface area contributed by atoms with Crippen LogP contribution < -0.4 is 5.32 Å². The van der Waals surface area contributed by atoms with Crippen LogP contribution >= 0.6 is 11.8 Å². The highest BCUT2D eigenvalue weighted by atomic mass is 32.2. The average molecular weight is 418 g/mol. The fourth-order valence-electron chi connectivity index (χ4n) is 3.48. The maximum atomic E-state index is 12.6. The Morgan fingerprint density at radius 1 is 1.23 bits per heavy atom. The zero-order valence-electron chi connectivity index (χ0n) is 17.0. The summed E-state index contributed by atoms with van der Waals surface area (Å²) in [6.45, 7) is 3.84. The van der Waals surface area contributed by atoms with E-state index in [1.165, 1.54) is 11.8 Å². The molecule has 6 nitrogen and oxygen atoms in total. The summed E-state index contributed by atoms with van der Waals surface area (Å²) in [7, 11) is 0. The van der Waals surface area contributed by atoms with E-state index in [-0.39, 0.29) is 17.6 Å². The summed E-state index contributed by atoms with van der Waals surface area (Å²) in [6.07, 6.45) is 1.97. The molecular formula is C23H23N5OS. The van der Waals surface area contributed by atoms with Crippen molar-refractivity contribution in [3.8, 4) is 23.1 Å². The predicted molar refractivity (Wildman–Crippen MR) is 117 cm³/mol. The molecule has 0 aliphatic heterocycles. The summed E-state index contributed by atoms with van der Waals surface area (Å²) in [4.78, 5) is 12.6. The summed E-state index contributed by atoms with van der Waals surface area (Å²) in [5.74, 6) is 0.976. The molecule has 0 saturated heterocycles. The molecule has 0 spiro atoms. The number of thioether (sulfide) groups is 1. The van der Waals surface area contributed by atoms with E-state index in [1.54, 1.807) is 6.92 Å². The highest BCUT2D eigenvalue weighted by Crippen LogP contribution is 2.39. The van der Waals surface area contributed by atoms with Crippen LogP contribution in [0.1, 0.15) is 25.3 Å². The third kappa shape index (κ3) is 4.24. The second kappa shape index (κ2) is 8.33. The number of nitriles is 1. The topological polar surface area (TPSA) is 83.6 Å². The maximum absolute atomic E-state index is 12.6. The van der Waals surface area contributed by atoms with E-state index >= 15 is 0 Å². The van der Waals surface area contributed by atoms with Crippen LogP contribution in [0.15, 0.2) is 59.8 Å². The Balaban J connectivity index is 1.59. The van der Waals surface area contributed by atoms with E-state index < -0.39 is 5.54 Å². The third-order valence-corrected chi connectivity index (χ3v) is 6.21.